The Labute approximate surface area is 109 Å². The summed E-state index contributed by atoms with van der Waals surface area (Å²) in [6.07, 6.45) is 1.85. The standard InChI is InChI=1S/C12H13ClN2OS/c1-7(2)16-10-4-3-8(5-9(10)13)11-6-15-12(14)17-11/h3-7H,1-2H3,(H2,14,15). The highest BCUT2D eigenvalue weighted by molar-refractivity contribution is 7.18. The van der Waals surface area contributed by atoms with E-state index in [1.54, 1.807) is 6.20 Å². The molecule has 2 aromatic rings. The molecule has 0 fully saturated rings. The van der Waals surface area contributed by atoms with Gasteiger partial charge in [-0.25, -0.2) is 4.98 Å². The number of anilines is 1. The van der Waals surface area contributed by atoms with E-state index >= 15 is 0 Å². The Hall–Kier alpha value is -1.26. The molecule has 0 unspecified atom stereocenters. The van der Waals surface area contributed by atoms with Crippen LogP contribution in [0.1, 0.15) is 13.8 Å². The van der Waals surface area contributed by atoms with Crippen molar-refractivity contribution in [3.05, 3.63) is 29.4 Å². The van der Waals surface area contributed by atoms with Crippen molar-refractivity contribution in [1.82, 2.24) is 4.98 Å². The fraction of sp³-hybridized carbons (Fsp3) is 0.250. The van der Waals surface area contributed by atoms with E-state index in [2.05, 4.69) is 4.98 Å². The number of benzene rings is 1. The molecule has 0 atom stereocenters. The van der Waals surface area contributed by atoms with Crippen LogP contribution in [0.25, 0.3) is 10.4 Å². The molecule has 2 N–H and O–H groups in total. The predicted molar refractivity (Wildman–Crippen MR) is 72.7 cm³/mol. The number of hydrogen-bond acceptors (Lipinski definition) is 4. The van der Waals surface area contributed by atoms with Crippen molar-refractivity contribution in [3.8, 4) is 16.2 Å². The number of ether oxygens (including phenoxy) is 1. The topological polar surface area (TPSA) is 48.1 Å². The number of nitrogen functional groups attached to an aromatic ring is 1. The Morgan fingerprint density at radius 3 is 2.71 bits per heavy atom. The van der Waals surface area contributed by atoms with E-state index in [4.69, 9.17) is 22.1 Å². The molecule has 17 heavy (non-hydrogen) atoms. The van der Waals surface area contributed by atoms with E-state index in [0.29, 0.717) is 15.9 Å². The Bertz CT molecular complexity index is 525. The van der Waals surface area contributed by atoms with Gasteiger partial charge in [0.05, 0.1) is 16.0 Å². The molecule has 0 spiro atoms. The number of nitrogens with zero attached hydrogens (tertiary/aromatic N) is 1. The highest BCUT2D eigenvalue weighted by Crippen LogP contribution is 2.33. The molecule has 3 nitrogen and oxygen atoms in total. The minimum atomic E-state index is 0.109. The first kappa shape index (κ1) is 12.2. The fourth-order valence-electron chi connectivity index (χ4n) is 1.42. The van der Waals surface area contributed by atoms with Gasteiger partial charge in [-0.2, -0.15) is 0 Å². The van der Waals surface area contributed by atoms with Crippen LogP contribution in [0, 0.1) is 0 Å². The summed E-state index contributed by atoms with van der Waals surface area (Å²) in [6, 6.07) is 5.69. The lowest BCUT2D eigenvalue weighted by Gasteiger charge is -2.11. The molecule has 0 aliphatic rings. The smallest absolute Gasteiger partial charge is 0.180 e. The summed E-state index contributed by atoms with van der Waals surface area (Å²) in [5.41, 5.74) is 6.60. The summed E-state index contributed by atoms with van der Waals surface area (Å²) in [6.45, 7) is 3.93. The van der Waals surface area contributed by atoms with Crippen molar-refractivity contribution in [1.29, 1.82) is 0 Å². The van der Waals surface area contributed by atoms with Crippen molar-refractivity contribution >= 4 is 28.1 Å². The van der Waals surface area contributed by atoms with E-state index in [0.717, 1.165) is 10.4 Å². The number of nitrogens with two attached hydrogens (primary N) is 1. The van der Waals surface area contributed by atoms with Gasteiger partial charge in [0.2, 0.25) is 0 Å². The summed E-state index contributed by atoms with van der Waals surface area (Å²) < 4.78 is 5.57. The first-order chi connectivity index (χ1) is 8.06. The molecule has 0 amide bonds. The number of hydrogen-bond donors (Lipinski definition) is 1. The lowest BCUT2D eigenvalue weighted by molar-refractivity contribution is 0.242. The summed E-state index contributed by atoms with van der Waals surface area (Å²) in [5.74, 6) is 0.697. The average Bonchev–Trinajstić information content (AvgIpc) is 2.67. The van der Waals surface area contributed by atoms with Crippen molar-refractivity contribution in [3.63, 3.8) is 0 Å². The summed E-state index contributed by atoms with van der Waals surface area (Å²) in [4.78, 5) is 5.02. The van der Waals surface area contributed by atoms with Crippen LogP contribution in [-0.4, -0.2) is 11.1 Å². The van der Waals surface area contributed by atoms with Gasteiger partial charge < -0.3 is 10.5 Å². The lowest BCUT2D eigenvalue weighted by Crippen LogP contribution is -2.05. The molecular formula is C12H13ClN2OS. The SMILES string of the molecule is CC(C)Oc1ccc(-c2cnc(N)s2)cc1Cl. The molecule has 0 radical (unpaired) electrons. The second-order valence-corrected chi connectivity index (χ2v) is 5.34. The monoisotopic (exact) mass is 268 g/mol. The zero-order chi connectivity index (χ0) is 12.4. The van der Waals surface area contributed by atoms with Crippen LogP contribution in [0.5, 0.6) is 5.75 Å². The Morgan fingerprint density at radius 1 is 1.41 bits per heavy atom. The van der Waals surface area contributed by atoms with Gasteiger partial charge in [-0.05, 0) is 37.6 Å². The lowest BCUT2D eigenvalue weighted by atomic mass is 10.2. The largest absolute Gasteiger partial charge is 0.489 e. The van der Waals surface area contributed by atoms with E-state index in [-0.39, 0.29) is 6.10 Å². The van der Waals surface area contributed by atoms with Gasteiger partial charge in [0, 0.05) is 6.20 Å². The Morgan fingerprint density at radius 2 is 2.18 bits per heavy atom. The van der Waals surface area contributed by atoms with E-state index in [1.807, 2.05) is 32.0 Å². The van der Waals surface area contributed by atoms with Gasteiger partial charge in [-0.1, -0.05) is 22.9 Å². The highest BCUT2D eigenvalue weighted by atomic mass is 35.5. The molecule has 0 bridgehead atoms. The second kappa shape index (κ2) is 4.94. The molecule has 1 heterocycles. The summed E-state index contributed by atoms with van der Waals surface area (Å²) in [5, 5.41) is 1.15. The van der Waals surface area contributed by atoms with E-state index in [9.17, 15) is 0 Å². The minimum Gasteiger partial charge on any atom is -0.489 e. The zero-order valence-corrected chi connectivity index (χ0v) is 11.2. The van der Waals surface area contributed by atoms with Crippen molar-refractivity contribution in [2.24, 2.45) is 0 Å². The molecule has 1 aromatic heterocycles. The number of rotatable bonds is 3. The fourth-order valence-corrected chi connectivity index (χ4v) is 2.33. The van der Waals surface area contributed by atoms with Crippen LogP contribution >= 0.6 is 22.9 Å². The maximum atomic E-state index is 6.16. The van der Waals surface area contributed by atoms with Crippen LogP contribution in [0.2, 0.25) is 5.02 Å². The molecule has 0 aliphatic heterocycles. The van der Waals surface area contributed by atoms with Crippen LogP contribution in [0.4, 0.5) is 5.13 Å². The van der Waals surface area contributed by atoms with Crippen LogP contribution < -0.4 is 10.5 Å². The number of halogens is 1. The van der Waals surface area contributed by atoms with E-state index < -0.39 is 0 Å². The highest BCUT2D eigenvalue weighted by Gasteiger charge is 2.08. The van der Waals surface area contributed by atoms with Crippen molar-refractivity contribution in [2.45, 2.75) is 20.0 Å². The maximum Gasteiger partial charge on any atom is 0.180 e. The zero-order valence-electron chi connectivity index (χ0n) is 9.61. The van der Waals surface area contributed by atoms with Gasteiger partial charge in [0.1, 0.15) is 5.75 Å². The summed E-state index contributed by atoms with van der Waals surface area (Å²) >= 11 is 7.59. The van der Waals surface area contributed by atoms with Gasteiger partial charge in [0.25, 0.3) is 0 Å². The number of aromatic nitrogens is 1. The van der Waals surface area contributed by atoms with Crippen LogP contribution in [0.3, 0.4) is 0 Å². The Kier molecular flexibility index (Phi) is 3.54. The van der Waals surface area contributed by atoms with E-state index in [1.165, 1.54) is 11.3 Å². The third-order valence-electron chi connectivity index (χ3n) is 2.10. The first-order valence-corrected chi connectivity index (χ1v) is 6.43. The summed E-state index contributed by atoms with van der Waals surface area (Å²) in [7, 11) is 0. The van der Waals surface area contributed by atoms with Crippen molar-refractivity contribution in [2.75, 3.05) is 5.73 Å². The molecule has 90 valence electrons. The molecule has 1 aromatic carbocycles. The van der Waals surface area contributed by atoms with Crippen LogP contribution in [0.15, 0.2) is 24.4 Å². The molecular weight excluding hydrogens is 256 g/mol. The molecule has 0 aliphatic carbocycles. The Balaban J connectivity index is 2.30. The second-order valence-electron chi connectivity index (χ2n) is 3.87. The molecule has 5 heteroatoms. The minimum absolute atomic E-state index is 0.109. The third kappa shape index (κ3) is 2.90. The van der Waals surface area contributed by atoms with Gasteiger partial charge in [-0.15, -0.1) is 0 Å². The van der Waals surface area contributed by atoms with Gasteiger partial charge >= 0.3 is 0 Å². The average molecular weight is 269 g/mol. The predicted octanol–water partition coefficient (Wildman–Crippen LogP) is 3.83. The molecule has 2 rings (SSSR count). The number of thiazole rings is 1. The van der Waals surface area contributed by atoms with Gasteiger partial charge in [-0.3, -0.25) is 0 Å². The molecule has 0 saturated heterocycles. The normalized spacial score (nSPS) is 10.8. The maximum absolute atomic E-state index is 6.16. The third-order valence-corrected chi connectivity index (χ3v) is 3.27. The van der Waals surface area contributed by atoms with Gasteiger partial charge in [0.15, 0.2) is 5.13 Å². The quantitative estimate of drug-likeness (QED) is 0.920. The van der Waals surface area contributed by atoms with Crippen molar-refractivity contribution < 1.29 is 4.74 Å². The molecule has 0 saturated carbocycles. The first-order valence-electron chi connectivity index (χ1n) is 5.24. The van der Waals surface area contributed by atoms with Crippen LogP contribution in [-0.2, 0) is 0 Å².